The Kier molecular flexibility index (Phi) is 5.63. The number of pyridine rings is 1. The molecule has 0 spiro atoms. The van der Waals surface area contributed by atoms with Gasteiger partial charge in [-0.3, -0.25) is 14.5 Å². The minimum Gasteiger partial charge on any atom is -0.323 e. The summed E-state index contributed by atoms with van der Waals surface area (Å²) in [5, 5.41) is 11.1. The lowest BCUT2D eigenvalue weighted by molar-refractivity contribution is -0.120. The molecule has 2 heterocycles. The predicted molar refractivity (Wildman–Crippen MR) is 85.5 cm³/mol. The Bertz CT molecular complexity index is 703. The van der Waals surface area contributed by atoms with Crippen LogP contribution in [0.1, 0.15) is 6.42 Å². The molecule has 3 atom stereocenters. The van der Waals surface area contributed by atoms with Gasteiger partial charge in [0.1, 0.15) is 17.7 Å². The molecule has 1 aliphatic heterocycles. The summed E-state index contributed by atoms with van der Waals surface area (Å²) in [6.07, 6.45) is 1.67. The lowest BCUT2D eigenvalue weighted by atomic mass is 10.2. The van der Waals surface area contributed by atoms with Crippen molar-refractivity contribution in [3.8, 4) is 6.07 Å². The van der Waals surface area contributed by atoms with E-state index in [0.29, 0.717) is 6.42 Å². The molecule has 0 aliphatic carbocycles. The first-order valence-corrected chi connectivity index (χ1v) is 7.73. The first-order valence-electron chi connectivity index (χ1n) is 6.91. The Hall–Kier alpha value is -1.62. The van der Waals surface area contributed by atoms with Crippen LogP contribution in [0.25, 0.3) is 0 Å². The number of alkyl halides is 2. The van der Waals surface area contributed by atoms with E-state index in [9.17, 15) is 14.0 Å². The number of nitrogens with one attached hydrogen (secondary N) is 1. The van der Waals surface area contributed by atoms with E-state index in [1.165, 1.54) is 12.3 Å². The number of likely N-dealkylation sites (N-methyl/N-ethyl adjacent to an activating group) is 1. The molecule has 3 unspecified atom stereocenters. The molecule has 9 heteroatoms. The molecule has 2 rings (SSSR count). The van der Waals surface area contributed by atoms with Crippen molar-refractivity contribution in [2.24, 2.45) is 0 Å². The van der Waals surface area contributed by atoms with Gasteiger partial charge in [0.2, 0.25) is 5.91 Å². The van der Waals surface area contributed by atoms with E-state index in [4.69, 9.17) is 28.5 Å². The zero-order valence-corrected chi connectivity index (χ0v) is 13.8. The number of carbonyl (C=O) groups is 1. The average molecular weight is 361 g/mol. The van der Waals surface area contributed by atoms with Gasteiger partial charge in [0.05, 0.1) is 29.7 Å². The van der Waals surface area contributed by atoms with E-state index < -0.39 is 29.7 Å². The second-order valence-corrected chi connectivity index (χ2v) is 6.23. The Morgan fingerprint density at radius 1 is 1.61 bits per heavy atom. The van der Waals surface area contributed by atoms with Crippen LogP contribution >= 0.6 is 23.2 Å². The second-order valence-electron chi connectivity index (χ2n) is 5.26. The summed E-state index contributed by atoms with van der Waals surface area (Å²) >= 11 is 11.9. The summed E-state index contributed by atoms with van der Waals surface area (Å²) in [4.78, 5) is 25.7. The molecule has 1 fully saturated rings. The third-order valence-corrected chi connectivity index (χ3v) is 4.48. The normalized spacial score (nSPS) is 24.4. The van der Waals surface area contributed by atoms with Gasteiger partial charge < -0.3 is 9.88 Å². The van der Waals surface area contributed by atoms with Crippen LogP contribution in [-0.4, -0.2) is 46.6 Å². The molecule has 6 nitrogen and oxygen atoms in total. The Morgan fingerprint density at radius 2 is 2.30 bits per heavy atom. The lowest BCUT2D eigenvalue weighted by Gasteiger charge is -2.21. The van der Waals surface area contributed by atoms with Crippen molar-refractivity contribution in [1.82, 2.24) is 9.47 Å². The van der Waals surface area contributed by atoms with Crippen molar-refractivity contribution in [1.29, 1.82) is 5.26 Å². The Labute approximate surface area is 142 Å². The van der Waals surface area contributed by atoms with Gasteiger partial charge in [-0.1, -0.05) is 11.6 Å². The van der Waals surface area contributed by atoms with Gasteiger partial charge in [-0.2, -0.15) is 5.26 Å². The molecule has 124 valence electrons. The van der Waals surface area contributed by atoms with E-state index in [2.05, 4.69) is 11.4 Å². The van der Waals surface area contributed by atoms with Crippen LogP contribution in [0.2, 0.25) is 5.02 Å². The van der Waals surface area contributed by atoms with Crippen molar-refractivity contribution in [3.63, 3.8) is 0 Å². The number of hydrogen-bond donors (Lipinski definition) is 1. The number of likely N-dealkylation sites (tertiary alicyclic amines) is 1. The molecular weight excluding hydrogens is 346 g/mol. The second kappa shape index (κ2) is 7.30. The summed E-state index contributed by atoms with van der Waals surface area (Å²) in [7, 11) is 1.65. The monoisotopic (exact) mass is 360 g/mol. The van der Waals surface area contributed by atoms with E-state index in [1.54, 1.807) is 11.9 Å². The number of aromatic nitrogens is 1. The first-order chi connectivity index (χ1) is 10.9. The standard InChI is InChI=1S/C14H15Cl2FN4O2/c1-20-11(5-9(15)12(20)6-18)13(22)19-8-4-10(16)14(23)21(7-8)3-2-17/h4,7,9,11-12H,2-3,5H2,1H3,(H,19,22). The van der Waals surface area contributed by atoms with Crippen LogP contribution in [0, 0.1) is 11.3 Å². The Balaban J connectivity index is 2.18. The average Bonchev–Trinajstić information content (AvgIpc) is 2.79. The zero-order valence-electron chi connectivity index (χ0n) is 12.3. The quantitative estimate of drug-likeness (QED) is 0.827. The fourth-order valence-corrected chi connectivity index (χ4v) is 3.20. The largest absolute Gasteiger partial charge is 0.323 e. The number of hydrogen-bond acceptors (Lipinski definition) is 4. The van der Waals surface area contributed by atoms with Gasteiger partial charge in [-0.25, -0.2) is 4.39 Å². The highest BCUT2D eigenvalue weighted by Gasteiger charge is 2.41. The molecule has 0 aromatic carbocycles. The molecule has 0 radical (unpaired) electrons. The SMILES string of the molecule is CN1C(C(=O)Nc2cc(Cl)c(=O)n(CCF)c2)CC(Cl)C1C#N. The Morgan fingerprint density at radius 3 is 2.87 bits per heavy atom. The molecule has 0 saturated carbocycles. The molecule has 23 heavy (non-hydrogen) atoms. The third-order valence-electron chi connectivity index (χ3n) is 3.79. The maximum absolute atomic E-state index is 12.5. The highest BCUT2D eigenvalue weighted by molar-refractivity contribution is 6.30. The fraction of sp³-hybridized carbons (Fsp3) is 0.500. The van der Waals surface area contributed by atoms with Gasteiger partial charge >= 0.3 is 0 Å². The third kappa shape index (κ3) is 3.66. The van der Waals surface area contributed by atoms with E-state index in [1.807, 2.05) is 0 Å². The van der Waals surface area contributed by atoms with Crippen molar-refractivity contribution in [3.05, 3.63) is 27.6 Å². The molecule has 1 saturated heterocycles. The van der Waals surface area contributed by atoms with Gasteiger partial charge in [0, 0.05) is 6.20 Å². The van der Waals surface area contributed by atoms with Crippen LogP contribution in [0.5, 0.6) is 0 Å². The first kappa shape index (κ1) is 17.7. The fourth-order valence-electron chi connectivity index (χ4n) is 2.57. The molecule has 0 bridgehead atoms. The smallest absolute Gasteiger partial charge is 0.269 e. The number of nitrogens with zero attached hydrogens (tertiary/aromatic N) is 3. The molecular formula is C14H15Cl2FN4O2. The van der Waals surface area contributed by atoms with E-state index in [0.717, 1.165) is 4.57 Å². The molecule has 1 aliphatic rings. The van der Waals surface area contributed by atoms with Gasteiger partial charge in [-0.15, -0.1) is 11.6 Å². The zero-order chi connectivity index (χ0) is 17.1. The highest BCUT2D eigenvalue weighted by Crippen LogP contribution is 2.27. The number of amides is 1. The summed E-state index contributed by atoms with van der Waals surface area (Å²) in [6, 6.07) is 2.26. The summed E-state index contributed by atoms with van der Waals surface area (Å²) in [5.74, 6) is -0.364. The number of rotatable bonds is 4. The number of nitriles is 1. The minimum atomic E-state index is -0.725. The van der Waals surface area contributed by atoms with Crippen LogP contribution < -0.4 is 10.9 Å². The van der Waals surface area contributed by atoms with Gasteiger partial charge in [-0.05, 0) is 19.5 Å². The predicted octanol–water partition coefficient (Wildman–Crippen LogP) is 1.61. The highest BCUT2D eigenvalue weighted by atomic mass is 35.5. The van der Waals surface area contributed by atoms with Crippen molar-refractivity contribution < 1.29 is 9.18 Å². The van der Waals surface area contributed by atoms with Gasteiger partial charge in [0.25, 0.3) is 5.56 Å². The minimum absolute atomic E-state index is 0.110. The van der Waals surface area contributed by atoms with Crippen molar-refractivity contribution in [2.75, 3.05) is 19.0 Å². The lowest BCUT2D eigenvalue weighted by Crippen LogP contribution is -2.40. The van der Waals surface area contributed by atoms with Crippen LogP contribution in [0.4, 0.5) is 10.1 Å². The summed E-state index contributed by atoms with van der Waals surface area (Å²) in [6.45, 7) is -0.872. The van der Waals surface area contributed by atoms with Crippen molar-refractivity contribution >= 4 is 34.8 Å². The molecule has 1 aromatic rings. The van der Waals surface area contributed by atoms with Crippen molar-refractivity contribution in [2.45, 2.75) is 30.4 Å². The molecule has 1 amide bonds. The molecule has 1 N–H and O–H groups in total. The van der Waals surface area contributed by atoms with E-state index in [-0.39, 0.29) is 23.2 Å². The maximum atomic E-state index is 12.5. The van der Waals surface area contributed by atoms with Crippen LogP contribution in [0.3, 0.4) is 0 Å². The number of anilines is 1. The summed E-state index contributed by atoms with van der Waals surface area (Å²) < 4.78 is 13.6. The molecule has 1 aromatic heterocycles. The maximum Gasteiger partial charge on any atom is 0.269 e. The van der Waals surface area contributed by atoms with Crippen LogP contribution in [0.15, 0.2) is 17.1 Å². The van der Waals surface area contributed by atoms with E-state index >= 15 is 0 Å². The number of carbonyl (C=O) groups excluding carboxylic acids is 1. The number of halogens is 3. The topological polar surface area (TPSA) is 78.1 Å². The number of aryl methyl sites for hydroxylation is 1. The van der Waals surface area contributed by atoms with Gasteiger partial charge in [0.15, 0.2) is 0 Å². The summed E-state index contributed by atoms with van der Waals surface area (Å²) in [5.41, 5.74) is -0.237. The van der Waals surface area contributed by atoms with Crippen LogP contribution in [-0.2, 0) is 11.3 Å².